The van der Waals surface area contributed by atoms with Crippen molar-refractivity contribution in [3.8, 4) is 6.07 Å². The van der Waals surface area contributed by atoms with Gasteiger partial charge in [-0.15, -0.1) is 0 Å². The first kappa shape index (κ1) is 14.0. The summed E-state index contributed by atoms with van der Waals surface area (Å²) >= 11 is 0. The maximum Gasteiger partial charge on any atom is 0.222 e. The number of unbranched alkanes of at least 4 members (excludes halogenated alkanes) is 1. The smallest absolute Gasteiger partial charge is 0.222 e. The zero-order chi connectivity index (χ0) is 11.7. The van der Waals surface area contributed by atoms with Crippen LogP contribution in [0.2, 0.25) is 0 Å². The molecule has 1 amide bonds. The van der Waals surface area contributed by atoms with Crippen LogP contribution >= 0.6 is 0 Å². The molecule has 0 bridgehead atoms. The summed E-state index contributed by atoms with van der Waals surface area (Å²) in [6.45, 7) is 7.61. The van der Waals surface area contributed by atoms with Gasteiger partial charge in [0.15, 0.2) is 0 Å². The van der Waals surface area contributed by atoms with Gasteiger partial charge in [0, 0.05) is 19.5 Å². The van der Waals surface area contributed by atoms with Crippen LogP contribution in [-0.4, -0.2) is 23.9 Å². The Kier molecular flexibility index (Phi) is 7.71. The molecule has 3 heteroatoms. The molecule has 0 saturated carbocycles. The van der Waals surface area contributed by atoms with E-state index in [2.05, 4.69) is 26.8 Å². The van der Waals surface area contributed by atoms with Gasteiger partial charge in [0.25, 0.3) is 0 Å². The maximum atomic E-state index is 11.8. The van der Waals surface area contributed by atoms with Gasteiger partial charge >= 0.3 is 0 Å². The van der Waals surface area contributed by atoms with E-state index < -0.39 is 0 Å². The molecule has 0 heterocycles. The third-order valence-electron chi connectivity index (χ3n) is 2.18. The molecule has 0 unspecified atom stereocenters. The van der Waals surface area contributed by atoms with Crippen LogP contribution in [0.25, 0.3) is 0 Å². The van der Waals surface area contributed by atoms with Crippen LogP contribution in [0.15, 0.2) is 0 Å². The molecule has 15 heavy (non-hydrogen) atoms. The Morgan fingerprint density at radius 1 is 1.47 bits per heavy atom. The number of amides is 1. The van der Waals surface area contributed by atoms with E-state index in [1.165, 1.54) is 0 Å². The van der Waals surface area contributed by atoms with E-state index in [0.29, 0.717) is 25.3 Å². The van der Waals surface area contributed by atoms with Crippen molar-refractivity contribution in [2.45, 2.75) is 46.5 Å². The quantitative estimate of drug-likeness (QED) is 0.648. The predicted molar refractivity (Wildman–Crippen MR) is 61.2 cm³/mol. The highest BCUT2D eigenvalue weighted by Gasteiger charge is 2.13. The lowest BCUT2D eigenvalue weighted by atomic mass is 10.1. The second-order valence-corrected chi connectivity index (χ2v) is 4.25. The lowest BCUT2D eigenvalue weighted by molar-refractivity contribution is -0.131. The summed E-state index contributed by atoms with van der Waals surface area (Å²) < 4.78 is 0. The monoisotopic (exact) mass is 210 g/mol. The fourth-order valence-electron chi connectivity index (χ4n) is 1.43. The lowest BCUT2D eigenvalue weighted by Gasteiger charge is -2.23. The Labute approximate surface area is 93.1 Å². The molecule has 3 nitrogen and oxygen atoms in total. The highest BCUT2D eigenvalue weighted by Crippen LogP contribution is 2.05. The van der Waals surface area contributed by atoms with Gasteiger partial charge in [-0.05, 0) is 12.3 Å². The molecule has 0 aliphatic heterocycles. The van der Waals surface area contributed by atoms with Crippen molar-refractivity contribution >= 4 is 5.91 Å². The molecular formula is C12H22N2O. The van der Waals surface area contributed by atoms with Crippen LogP contribution in [0.3, 0.4) is 0 Å². The molecule has 0 saturated heterocycles. The van der Waals surface area contributed by atoms with E-state index in [4.69, 9.17) is 5.26 Å². The Morgan fingerprint density at radius 2 is 2.13 bits per heavy atom. The first-order valence-electron chi connectivity index (χ1n) is 5.76. The molecule has 0 aromatic rings. The number of hydrogen-bond donors (Lipinski definition) is 0. The Hall–Kier alpha value is -1.04. The van der Waals surface area contributed by atoms with Crippen LogP contribution in [0, 0.1) is 17.2 Å². The Morgan fingerprint density at radius 3 is 2.60 bits per heavy atom. The average Bonchev–Trinajstić information content (AvgIpc) is 2.20. The minimum Gasteiger partial charge on any atom is -0.341 e. The molecule has 0 fully saturated rings. The van der Waals surface area contributed by atoms with Crippen LogP contribution in [0.5, 0.6) is 0 Å². The number of nitrogens with zero attached hydrogens (tertiary/aromatic N) is 2. The molecule has 0 aromatic heterocycles. The topological polar surface area (TPSA) is 44.1 Å². The van der Waals surface area contributed by atoms with Crippen LogP contribution in [-0.2, 0) is 4.79 Å². The van der Waals surface area contributed by atoms with Crippen molar-refractivity contribution in [1.82, 2.24) is 4.90 Å². The maximum absolute atomic E-state index is 11.8. The van der Waals surface area contributed by atoms with E-state index in [1.54, 1.807) is 0 Å². The number of carbonyl (C=O) groups is 1. The van der Waals surface area contributed by atoms with Gasteiger partial charge in [-0.1, -0.05) is 27.2 Å². The summed E-state index contributed by atoms with van der Waals surface area (Å²) in [4.78, 5) is 13.6. The van der Waals surface area contributed by atoms with Crippen LogP contribution in [0.1, 0.15) is 46.5 Å². The van der Waals surface area contributed by atoms with Gasteiger partial charge in [-0.25, -0.2) is 0 Å². The standard InChI is InChI=1S/C12H22N2O/c1-4-5-7-12(15)14(9-6-8-13)10-11(2)3/h11H,4-7,9-10H2,1-3H3. The molecule has 0 aromatic carbocycles. The summed E-state index contributed by atoms with van der Waals surface area (Å²) in [5, 5.41) is 8.52. The average molecular weight is 210 g/mol. The Balaban J connectivity index is 4.09. The highest BCUT2D eigenvalue weighted by atomic mass is 16.2. The highest BCUT2D eigenvalue weighted by molar-refractivity contribution is 5.76. The number of nitriles is 1. The van der Waals surface area contributed by atoms with E-state index >= 15 is 0 Å². The van der Waals surface area contributed by atoms with Gasteiger partial charge in [0.2, 0.25) is 5.91 Å². The third-order valence-corrected chi connectivity index (χ3v) is 2.18. The first-order chi connectivity index (χ1) is 7.11. The summed E-state index contributed by atoms with van der Waals surface area (Å²) in [6.07, 6.45) is 3.04. The van der Waals surface area contributed by atoms with Crippen molar-refractivity contribution in [2.24, 2.45) is 5.92 Å². The Bertz CT molecular complexity index is 218. The van der Waals surface area contributed by atoms with Gasteiger partial charge in [0.1, 0.15) is 0 Å². The molecule has 86 valence electrons. The van der Waals surface area contributed by atoms with E-state index in [0.717, 1.165) is 19.4 Å². The number of rotatable bonds is 7. The molecule has 0 aliphatic carbocycles. The van der Waals surface area contributed by atoms with Gasteiger partial charge < -0.3 is 4.90 Å². The van der Waals surface area contributed by atoms with Gasteiger partial charge in [-0.3, -0.25) is 4.79 Å². The van der Waals surface area contributed by atoms with Gasteiger partial charge in [0.05, 0.1) is 12.5 Å². The van der Waals surface area contributed by atoms with E-state index in [1.807, 2.05) is 4.90 Å². The molecular weight excluding hydrogens is 188 g/mol. The second-order valence-electron chi connectivity index (χ2n) is 4.25. The molecule has 0 atom stereocenters. The molecule has 0 rings (SSSR count). The first-order valence-corrected chi connectivity index (χ1v) is 5.76. The largest absolute Gasteiger partial charge is 0.341 e. The normalized spacial score (nSPS) is 10.1. The zero-order valence-corrected chi connectivity index (χ0v) is 10.1. The fourth-order valence-corrected chi connectivity index (χ4v) is 1.43. The minimum atomic E-state index is 0.195. The summed E-state index contributed by atoms with van der Waals surface area (Å²) in [5.41, 5.74) is 0. The summed E-state index contributed by atoms with van der Waals surface area (Å²) in [6, 6.07) is 2.09. The van der Waals surface area contributed by atoms with Crippen LogP contribution < -0.4 is 0 Å². The predicted octanol–water partition coefficient (Wildman–Crippen LogP) is 2.57. The van der Waals surface area contributed by atoms with Crippen LogP contribution in [0.4, 0.5) is 0 Å². The van der Waals surface area contributed by atoms with Crippen molar-refractivity contribution in [1.29, 1.82) is 5.26 Å². The van der Waals surface area contributed by atoms with Crippen molar-refractivity contribution in [3.05, 3.63) is 0 Å². The van der Waals surface area contributed by atoms with Gasteiger partial charge in [-0.2, -0.15) is 5.26 Å². The third kappa shape index (κ3) is 6.96. The molecule has 0 N–H and O–H groups in total. The van der Waals surface area contributed by atoms with Crippen molar-refractivity contribution in [2.75, 3.05) is 13.1 Å². The summed E-state index contributed by atoms with van der Waals surface area (Å²) in [7, 11) is 0. The number of carbonyl (C=O) groups excluding carboxylic acids is 1. The van der Waals surface area contributed by atoms with Crippen molar-refractivity contribution < 1.29 is 4.79 Å². The molecule has 0 aliphatic rings. The SMILES string of the molecule is CCCCC(=O)N(CCC#N)CC(C)C. The zero-order valence-electron chi connectivity index (χ0n) is 10.1. The van der Waals surface area contributed by atoms with E-state index in [-0.39, 0.29) is 5.91 Å². The minimum absolute atomic E-state index is 0.195. The van der Waals surface area contributed by atoms with E-state index in [9.17, 15) is 4.79 Å². The summed E-state index contributed by atoms with van der Waals surface area (Å²) in [5.74, 6) is 0.662. The number of hydrogen-bond acceptors (Lipinski definition) is 2. The lowest BCUT2D eigenvalue weighted by Crippen LogP contribution is -2.34. The molecule has 0 spiro atoms. The second kappa shape index (κ2) is 8.28. The van der Waals surface area contributed by atoms with Crippen molar-refractivity contribution in [3.63, 3.8) is 0 Å². The molecule has 0 radical (unpaired) electrons. The fraction of sp³-hybridized carbons (Fsp3) is 0.833.